The highest BCUT2D eigenvalue weighted by Gasteiger charge is 2.22. The Morgan fingerprint density at radius 1 is 1.36 bits per heavy atom. The van der Waals surface area contributed by atoms with Crippen LogP contribution in [0.4, 0.5) is 0 Å². The Labute approximate surface area is 139 Å². The molecule has 1 N–H and O–H groups in total. The summed E-state index contributed by atoms with van der Waals surface area (Å²) in [5, 5.41) is 3.21. The Morgan fingerprint density at radius 2 is 2.14 bits per heavy atom. The zero-order valence-electron chi connectivity index (χ0n) is 13.3. The molecule has 22 heavy (non-hydrogen) atoms. The summed E-state index contributed by atoms with van der Waals surface area (Å²) in [6.07, 6.45) is 3.71. The molecule has 2 rings (SSSR count). The van der Waals surface area contributed by atoms with E-state index in [1.807, 2.05) is 42.3 Å². The van der Waals surface area contributed by atoms with E-state index in [0.717, 1.165) is 38.2 Å². The number of halogens is 1. The van der Waals surface area contributed by atoms with E-state index in [9.17, 15) is 4.79 Å². The first kappa shape index (κ1) is 18.8. The van der Waals surface area contributed by atoms with Gasteiger partial charge in [0, 0.05) is 19.5 Å². The number of hydrogen-bond donors (Lipinski definition) is 1. The van der Waals surface area contributed by atoms with Gasteiger partial charge in [-0.05, 0) is 50.9 Å². The van der Waals surface area contributed by atoms with Crippen LogP contribution in [0.2, 0.25) is 0 Å². The minimum Gasteiger partial charge on any atom is -0.494 e. The molecule has 0 saturated carbocycles. The molecular formula is C17H27ClN2O2. The van der Waals surface area contributed by atoms with E-state index in [4.69, 9.17) is 4.74 Å². The molecule has 1 aromatic carbocycles. The molecule has 1 aliphatic heterocycles. The second-order valence-corrected chi connectivity index (χ2v) is 5.67. The van der Waals surface area contributed by atoms with Gasteiger partial charge in [0.25, 0.3) is 0 Å². The molecule has 1 heterocycles. The normalized spacial score (nSPS) is 17.7. The third-order valence-electron chi connectivity index (χ3n) is 3.91. The number of carbonyl (C=O) groups excluding carboxylic acids is 1. The molecule has 1 aliphatic rings. The lowest BCUT2D eigenvalue weighted by Gasteiger charge is -2.32. The van der Waals surface area contributed by atoms with Crippen LogP contribution in [0.5, 0.6) is 5.75 Å². The Hall–Kier alpha value is -1.26. The predicted molar refractivity (Wildman–Crippen MR) is 91.6 cm³/mol. The zero-order valence-corrected chi connectivity index (χ0v) is 14.1. The zero-order chi connectivity index (χ0) is 14.9. The quantitative estimate of drug-likeness (QED) is 0.783. The largest absolute Gasteiger partial charge is 0.494 e. The number of carbonyl (C=O) groups is 1. The fourth-order valence-corrected chi connectivity index (χ4v) is 2.84. The van der Waals surface area contributed by atoms with Crippen molar-refractivity contribution in [1.29, 1.82) is 0 Å². The Kier molecular flexibility index (Phi) is 8.94. The number of nitrogens with zero attached hydrogens (tertiary/aromatic N) is 1. The minimum atomic E-state index is 0. The van der Waals surface area contributed by atoms with Gasteiger partial charge in [0.2, 0.25) is 5.91 Å². The minimum absolute atomic E-state index is 0. The second kappa shape index (κ2) is 10.5. The molecule has 0 spiro atoms. The number of ether oxygens (including phenoxy) is 1. The lowest BCUT2D eigenvalue weighted by atomic mass is 9.97. The number of rotatable bonds is 7. The predicted octanol–water partition coefficient (Wildman–Crippen LogP) is 2.73. The Bertz CT molecular complexity index is 426. The molecule has 1 aromatic rings. The van der Waals surface area contributed by atoms with Gasteiger partial charge in [-0.3, -0.25) is 4.79 Å². The Balaban J connectivity index is 0.00000242. The van der Waals surface area contributed by atoms with Crippen LogP contribution in [0.25, 0.3) is 0 Å². The maximum atomic E-state index is 12.2. The fourth-order valence-electron chi connectivity index (χ4n) is 2.84. The van der Waals surface area contributed by atoms with E-state index >= 15 is 0 Å². The maximum Gasteiger partial charge on any atom is 0.222 e. The molecule has 1 fully saturated rings. The standard InChI is InChI=1S/C17H26N2O2.ClH/c1-18-13-15-7-5-11-19(14-15)17(20)10-6-12-21-16-8-3-2-4-9-16;/h2-4,8-9,15,18H,5-7,10-14H2,1H3;1H. The number of nitrogens with one attached hydrogen (secondary N) is 1. The van der Waals surface area contributed by atoms with Gasteiger partial charge < -0.3 is 15.0 Å². The van der Waals surface area contributed by atoms with E-state index in [1.54, 1.807) is 0 Å². The average molecular weight is 327 g/mol. The lowest BCUT2D eigenvalue weighted by molar-refractivity contribution is -0.133. The number of benzene rings is 1. The van der Waals surface area contributed by atoms with E-state index in [2.05, 4.69) is 5.32 Å². The summed E-state index contributed by atoms with van der Waals surface area (Å²) in [5.41, 5.74) is 0. The molecule has 0 bridgehead atoms. The molecule has 4 nitrogen and oxygen atoms in total. The summed E-state index contributed by atoms with van der Waals surface area (Å²) in [6, 6.07) is 9.75. The van der Waals surface area contributed by atoms with Crippen LogP contribution in [-0.4, -0.2) is 44.1 Å². The van der Waals surface area contributed by atoms with Crippen LogP contribution in [0.1, 0.15) is 25.7 Å². The molecule has 1 atom stereocenters. The first-order valence-corrected chi connectivity index (χ1v) is 7.90. The topological polar surface area (TPSA) is 41.6 Å². The van der Waals surface area contributed by atoms with Gasteiger partial charge in [0.15, 0.2) is 0 Å². The van der Waals surface area contributed by atoms with Gasteiger partial charge >= 0.3 is 0 Å². The van der Waals surface area contributed by atoms with Gasteiger partial charge in [-0.1, -0.05) is 18.2 Å². The van der Waals surface area contributed by atoms with Crippen molar-refractivity contribution in [3.63, 3.8) is 0 Å². The summed E-state index contributed by atoms with van der Waals surface area (Å²) >= 11 is 0. The van der Waals surface area contributed by atoms with Crippen molar-refractivity contribution in [3.8, 4) is 5.75 Å². The first-order chi connectivity index (χ1) is 10.3. The van der Waals surface area contributed by atoms with Crippen molar-refractivity contribution in [1.82, 2.24) is 10.2 Å². The smallest absolute Gasteiger partial charge is 0.222 e. The van der Waals surface area contributed by atoms with Gasteiger partial charge in [-0.15, -0.1) is 12.4 Å². The number of likely N-dealkylation sites (tertiary alicyclic amines) is 1. The highest BCUT2D eigenvalue weighted by molar-refractivity contribution is 5.85. The maximum absolute atomic E-state index is 12.2. The lowest BCUT2D eigenvalue weighted by Crippen LogP contribution is -2.42. The molecule has 5 heteroatoms. The average Bonchev–Trinajstić information content (AvgIpc) is 2.53. The van der Waals surface area contributed by atoms with Crippen molar-refractivity contribution < 1.29 is 9.53 Å². The molecule has 124 valence electrons. The van der Waals surface area contributed by atoms with Crippen molar-refractivity contribution in [3.05, 3.63) is 30.3 Å². The number of para-hydroxylation sites is 1. The highest BCUT2D eigenvalue weighted by Crippen LogP contribution is 2.17. The van der Waals surface area contributed by atoms with E-state index in [-0.39, 0.29) is 18.3 Å². The summed E-state index contributed by atoms with van der Waals surface area (Å²) < 4.78 is 5.62. The molecular weight excluding hydrogens is 300 g/mol. The van der Waals surface area contributed by atoms with Crippen molar-refractivity contribution >= 4 is 18.3 Å². The first-order valence-electron chi connectivity index (χ1n) is 7.90. The van der Waals surface area contributed by atoms with E-state index in [0.29, 0.717) is 18.9 Å². The molecule has 1 amide bonds. The summed E-state index contributed by atoms with van der Waals surface area (Å²) in [5.74, 6) is 1.75. The summed E-state index contributed by atoms with van der Waals surface area (Å²) in [4.78, 5) is 14.2. The number of piperidine rings is 1. The van der Waals surface area contributed by atoms with Crippen LogP contribution in [0, 0.1) is 5.92 Å². The number of amides is 1. The van der Waals surface area contributed by atoms with Crippen LogP contribution in [-0.2, 0) is 4.79 Å². The molecule has 1 unspecified atom stereocenters. The highest BCUT2D eigenvalue weighted by atomic mass is 35.5. The van der Waals surface area contributed by atoms with Crippen LogP contribution >= 0.6 is 12.4 Å². The molecule has 0 aliphatic carbocycles. The van der Waals surface area contributed by atoms with Crippen molar-refractivity contribution in [2.24, 2.45) is 5.92 Å². The van der Waals surface area contributed by atoms with E-state index < -0.39 is 0 Å². The monoisotopic (exact) mass is 326 g/mol. The van der Waals surface area contributed by atoms with Crippen LogP contribution in [0.3, 0.4) is 0 Å². The van der Waals surface area contributed by atoms with Crippen molar-refractivity contribution in [2.45, 2.75) is 25.7 Å². The molecule has 0 aromatic heterocycles. The van der Waals surface area contributed by atoms with Gasteiger partial charge in [-0.25, -0.2) is 0 Å². The fraction of sp³-hybridized carbons (Fsp3) is 0.588. The summed E-state index contributed by atoms with van der Waals surface area (Å²) in [6.45, 7) is 3.42. The van der Waals surface area contributed by atoms with Gasteiger partial charge in [0.1, 0.15) is 5.75 Å². The van der Waals surface area contributed by atoms with Crippen LogP contribution in [0.15, 0.2) is 30.3 Å². The molecule has 1 saturated heterocycles. The van der Waals surface area contributed by atoms with Crippen molar-refractivity contribution in [2.75, 3.05) is 33.3 Å². The van der Waals surface area contributed by atoms with Crippen LogP contribution < -0.4 is 10.1 Å². The third-order valence-corrected chi connectivity index (χ3v) is 3.91. The Morgan fingerprint density at radius 3 is 2.86 bits per heavy atom. The van der Waals surface area contributed by atoms with Gasteiger partial charge in [0.05, 0.1) is 6.61 Å². The third kappa shape index (κ3) is 6.24. The second-order valence-electron chi connectivity index (χ2n) is 5.67. The summed E-state index contributed by atoms with van der Waals surface area (Å²) in [7, 11) is 1.97. The SMILES string of the molecule is CNCC1CCCN(C(=O)CCCOc2ccccc2)C1.Cl. The number of hydrogen-bond acceptors (Lipinski definition) is 3. The van der Waals surface area contributed by atoms with E-state index in [1.165, 1.54) is 6.42 Å². The van der Waals surface area contributed by atoms with Gasteiger partial charge in [-0.2, -0.15) is 0 Å². The molecule has 0 radical (unpaired) electrons.